The summed E-state index contributed by atoms with van der Waals surface area (Å²) in [6, 6.07) is 0. The van der Waals surface area contributed by atoms with Crippen LogP contribution >= 0.6 is 0 Å². The summed E-state index contributed by atoms with van der Waals surface area (Å²) in [5.41, 5.74) is 0. The van der Waals surface area contributed by atoms with Crippen LogP contribution in [0.25, 0.3) is 0 Å². The second-order valence-corrected chi connectivity index (χ2v) is 2.35. The van der Waals surface area contributed by atoms with Crippen molar-refractivity contribution in [2.75, 3.05) is 13.7 Å². The summed E-state index contributed by atoms with van der Waals surface area (Å²) in [5.74, 6) is 0. The molecule has 0 bridgehead atoms. The molecule has 0 aliphatic carbocycles. The molecule has 1 fully saturated rings. The summed E-state index contributed by atoms with van der Waals surface area (Å²) < 4.78 is 9.82. The van der Waals surface area contributed by atoms with Crippen molar-refractivity contribution in [3.05, 3.63) is 0 Å². The van der Waals surface area contributed by atoms with E-state index in [1.165, 1.54) is 7.11 Å². The molecule has 10 heavy (non-hydrogen) atoms. The predicted molar refractivity (Wildman–Crippen MR) is 33.4 cm³/mol. The molecule has 4 heteroatoms. The zero-order chi connectivity index (χ0) is 7.56. The minimum absolute atomic E-state index is 0.0586. The Hall–Kier alpha value is -0.160. The molecule has 1 heterocycles. The van der Waals surface area contributed by atoms with Crippen molar-refractivity contribution in [2.45, 2.75) is 24.9 Å². The standard InChI is InChI=1S/C6H12O4/c1-9-6-5(8)2-4(3-7)10-6/h4-8H,2-3H2,1H3. The van der Waals surface area contributed by atoms with Crippen LogP contribution in [-0.2, 0) is 9.47 Å². The fraction of sp³-hybridized carbons (Fsp3) is 1.00. The minimum atomic E-state index is -0.595. The number of hydrogen-bond donors (Lipinski definition) is 2. The average Bonchev–Trinajstić information content (AvgIpc) is 2.30. The third-order valence-electron chi connectivity index (χ3n) is 1.58. The van der Waals surface area contributed by atoms with E-state index >= 15 is 0 Å². The van der Waals surface area contributed by atoms with Gasteiger partial charge in [0, 0.05) is 13.5 Å². The monoisotopic (exact) mass is 148 g/mol. The first kappa shape index (κ1) is 7.94. The number of aliphatic hydroxyl groups is 2. The zero-order valence-electron chi connectivity index (χ0n) is 5.86. The van der Waals surface area contributed by atoms with Gasteiger partial charge in [-0.15, -0.1) is 0 Å². The molecular formula is C6H12O4. The van der Waals surface area contributed by atoms with Crippen LogP contribution in [0.1, 0.15) is 6.42 Å². The topological polar surface area (TPSA) is 58.9 Å². The Labute approximate surface area is 59.4 Å². The molecule has 3 atom stereocenters. The van der Waals surface area contributed by atoms with Gasteiger partial charge in [0.05, 0.1) is 12.7 Å². The molecule has 0 radical (unpaired) electrons. The van der Waals surface area contributed by atoms with Crippen molar-refractivity contribution in [1.82, 2.24) is 0 Å². The summed E-state index contributed by atoms with van der Waals surface area (Å²) in [7, 11) is 1.47. The van der Waals surface area contributed by atoms with Crippen LogP contribution in [0, 0.1) is 0 Å². The van der Waals surface area contributed by atoms with Crippen molar-refractivity contribution in [3.8, 4) is 0 Å². The fourth-order valence-corrected chi connectivity index (χ4v) is 1.05. The molecular weight excluding hydrogens is 136 g/mol. The first-order valence-electron chi connectivity index (χ1n) is 3.25. The van der Waals surface area contributed by atoms with Gasteiger partial charge in [-0.3, -0.25) is 0 Å². The SMILES string of the molecule is COC1OC(CO)CC1O. The Morgan fingerprint density at radius 1 is 1.70 bits per heavy atom. The first-order valence-corrected chi connectivity index (χ1v) is 3.25. The molecule has 1 rings (SSSR count). The molecule has 0 amide bonds. The Kier molecular flexibility index (Phi) is 2.62. The summed E-state index contributed by atoms with van der Waals surface area (Å²) >= 11 is 0. The number of hydrogen-bond acceptors (Lipinski definition) is 4. The second kappa shape index (κ2) is 3.30. The van der Waals surface area contributed by atoms with E-state index in [1.54, 1.807) is 0 Å². The summed E-state index contributed by atoms with van der Waals surface area (Å²) in [5, 5.41) is 17.7. The van der Waals surface area contributed by atoms with Crippen LogP contribution in [0.3, 0.4) is 0 Å². The van der Waals surface area contributed by atoms with Gasteiger partial charge in [0.15, 0.2) is 6.29 Å². The van der Waals surface area contributed by atoms with Crippen LogP contribution in [0.2, 0.25) is 0 Å². The zero-order valence-corrected chi connectivity index (χ0v) is 5.86. The summed E-state index contributed by atoms with van der Waals surface area (Å²) in [6.07, 6.45) is -0.964. The van der Waals surface area contributed by atoms with Gasteiger partial charge in [0.25, 0.3) is 0 Å². The lowest BCUT2D eigenvalue weighted by atomic mass is 10.2. The van der Waals surface area contributed by atoms with Gasteiger partial charge in [-0.1, -0.05) is 0 Å². The Morgan fingerprint density at radius 2 is 2.40 bits per heavy atom. The normalized spacial score (nSPS) is 40.5. The van der Waals surface area contributed by atoms with Crippen molar-refractivity contribution >= 4 is 0 Å². The molecule has 0 spiro atoms. The molecule has 1 aliphatic rings. The van der Waals surface area contributed by atoms with Gasteiger partial charge in [-0.2, -0.15) is 0 Å². The highest BCUT2D eigenvalue weighted by Gasteiger charge is 2.33. The summed E-state index contributed by atoms with van der Waals surface area (Å²) in [4.78, 5) is 0. The summed E-state index contributed by atoms with van der Waals surface area (Å²) in [6.45, 7) is -0.0586. The highest BCUT2D eigenvalue weighted by atomic mass is 16.7. The van der Waals surface area contributed by atoms with E-state index in [4.69, 9.17) is 19.7 Å². The van der Waals surface area contributed by atoms with Crippen LogP contribution in [0.4, 0.5) is 0 Å². The molecule has 0 aromatic carbocycles. The molecule has 0 aromatic rings. The van der Waals surface area contributed by atoms with E-state index < -0.39 is 12.4 Å². The maximum Gasteiger partial charge on any atom is 0.183 e. The third-order valence-corrected chi connectivity index (χ3v) is 1.58. The quantitative estimate of drug-likeness (QED) is 0.533. The van der Waals surface area contributed by atoms with E-state index in [9.17, 15) is 0 Å². The van der Waals surface area contributed by atoms with Crippen molar-refractivity contribution < 1.29 is 19.7 Å². The maximum absolute atomic E-state index is 9.13. The van der Waals surface area contributed by atoms with Crippen LogP contribution in [0.5, 0.6) is 0 Å². The van der Waals surface area contributed by atoms with Crippen molar-refractivity contribution in [1.29, 1.82) is 0 Å². The van der Waals surface area contributed by atoms with Gasteiger partial charge in [0.2, 0.25) is 0 Å². The molecule has 4 nitrogen and oxygen atoms in total. The van der Waals surface area contributed by atoms with Gasteiger partial charge in [-0.25, -0.2) is 0 Å². The maximum atomic E-state index is 9.13. The van der Waals surface area contributed by atoms with E-state index in [0.717, 1.165) is 0 Å². The molecule has 3 unspecified atom stereocenters. The van der Waals surface area contributed by atoms with Crippen LogP contribution in [0.15, 0.2) is 0 Å². The van der Waals surface area contributed by atoms with Crippen molar-refractivity contribution in [2.24, 2.45) is 0 Å². The molecule has 1 aliphatic heterocycles. The van der Waals surface area contributed by atoms with Gasteiger partial charge in [0.1, 0.15) is 6.10 Å². The van der Waals surface area contributed by atoms with Crippen LogP contribution in [-0.4, -0.2) is 42.4 Å². The minimum Gasteiger partial charge on any atom is -0.394 e. The lowest BCUT2D eigenvalue weighted by Crippen LogP contribution is -2.22. The number of methoxy groups -OCH3 is 1. The number of ether oxygens (including phenoxy) is 2. The molecule has 60 valence electrons. The van der Waals surface area contributed by atoms with E-state index in [-0.39, 0.29) is 12.7 Å². The van der Waals surface area contributed by atoms with Crippen LogP contribution < -0.4 is 0 Å². The Morgan fingerprint density at radius 3 is 2.70 bits per heavy atom. The predicted octanol–water partition coefficient (Wildman–Crippen LogP) is -0.899. The molecule has 0 aromatic heterocycles. The smallest absolute Gasteiger partial charge is 0.183 e. The Balaban J connectivity index is 2.36. The molecule has 0 saturated carbocycles. The lowest BCUT2D eigenvalue weighted by molar-refractivity contribution is -0.153. The second-order valence-electron chi connectivity index (χ2n) is 2.35. The lowest BCUT2D eigenvalue weighted by Gasteiger charge is -2.10. The largest absolute Gasteiger partial charge is 0.394 e. The molecule has 2 N–H and O–H groups in total. The average molecular weight is 148 g/mol. The van der Waals surface area contributed by atoms with E-state index in [1.807, 2.05) is 0 Å². The number of rotatable bonds is 2. The highest BCUT2D eigenvalue weighted by molar-refractivity contribution is 4.75. The van der Waals surface area contributed by atoms with Gasteiger partial charge in [-0.05, 0) is 0 Å². The first-order chi connectivity index (χ1) is 4.77. The number of aliphatic hydroxyl groups excluding tert-OH is 2. The third kappa shape index (κ3) is 1.46. The highest BCUT2D eigenvalue weighted by Crippen LogP contribution is 2.19. The van der Waals surface area contributed by atoms with Crippen molar-refractivity contribution in [3.63, 3.8) is 0 Å². The fourth-order valence-electron chi connectivity index (χ4n) is 1.05. The Bertz CT molecular complexity index is 106. The van der Waals surface area contributed by atoms with Gasteiger partial charge < -0.3 is 19.7 Å². The molecule has 1 saturated heterocycles. The van der Waals surface area contributed by atoms with E-state index in [2.05, 4.69) is 0 Å². The van der Waals surface area contributed by atoms with E-state index in [0.29, 0.717) is 6.42 Å². The van der Waals surface area contributed by atoms with Gasteiger partial charge >= 0.3 is 0 Å².